The van der Waals surface area contributed by atoms with Crippen LogP contribution in [0.15, 0.2) is 54.6 Å². The molecule has 8 heteroatoms. The van der Waals surface area contributed by atoms with Crippen LogP contribution in [0.1, 0.15) is 22.3 Å². The molecule has 1 heterocycles. The number of hydrogen-bond donors (Lipinski definition) is 2. The summed E-state index contributed by atoms with van der Waals surface area (Å²) in [7, 11) is 0. The molecule has 150 valence electrons. The van der Waals surface area contributed by atoms with Crippen LogP contribution in [0.3, 0.4) is 0 Å². The summed E-state index contributed by atoms with van der Waals surface area (Å²) in [5, 5.41) is 2.56. The Bertz CT molecular complexity index is 912. The number of carbonyl (C=O) groups excluding carboxylic acids is 4. The van der Waals surface area contributed by atoms with E-state index in [0.29, 0.717) is 17.8 Å². The molecule has 29 heavy (non-hydrogen) atoms. The average molecular weight is 395 g/mol. The molecule has 3 amide bonds. The molecule has 1 aliphatic rings. The molecule has 3 rings (SSSR count). The number of rotatable bonds is 7. The number of esters is 1. The lowest BCUT2D eigenvalue weighted by Gasteiger charge is -2.16. The van der Waals surface area contributed by atoms with Crippen molar-refractivity contribution in [3.63, 3.8) is 0 Å². The molecular weight excluding hydrogens is 374 g/mol. The molecule has 0 unspecified atom stereocenters. The summed E-state index contributed by atoms with van der Waals surface area (Å²) in [6, 6.07) is 15.5. The third-order valence-electron chi connectivity index (χ3n) is 4.56. The van der Waals surface area contributed by atoms with Gasteiger partial charge in [-0.2, -0.15) is 0 Å². The highest BCUT2D eigenvalue weighted by atomic mass is 16.5. The van der Waals surface area contributed by atoms with E-state index >= 15 is 0 Å². The summed E-state index contributed by atoms with van der Waals surface area (Å²) in [4.78, 5) is 49.0. The molecule has 0 aliphatic carbocycles. The first-order valence-electron chi connectivity index (χ1n) is 9.10. The number of primary amides is 1. The van der Waals surface area contributed by atoms with E-state index in [2.05, 4.69) is 5.32 Å². The molecule has 2 aromatic rings. The van der Waals surface area contributed by atoms with Crippen molar-refractivity contribution in [1.82, 2.24) is 4.90 Å². The van der Waals surface area contributed by atoms with Crippen LogP contribution in [-0.4, -0.2) is 41.7 Å². The van der Waals surface area contributed by atoms with Crippen LogP contribution in [0.4, 0.5) is 5.69 Å². The number of carbonyl (C=O) groups is 4. The van der Waals surface area contributed by atoms with E-state index in [1.54, 1.807) is 4.90 Å². The zero-order valence-electron chi connectivity index (χ0n) is 15.7. The summed E-state index contributed by atoms with van der Waals surface area (Å²) in [5.74, 6) is -2.36. The predicted octanol–water partition coefficient (Wildman–Crippen LogP) is 1.32. The van der Waals surface area contributed by atoms with Crippen molar-refractivity contribution in [3.8, 4) is 0 Å². The Morgan fingerprint density at radius 1 is 1.07 bits per heavy atom. The number of anilines is 1. The van der Waals surface area contributed by atoms with Crippen LogP contribution in [0.25, 0.3) is 0 Å². The molecule has 1 atom stereocenters. The van der Waals surface area contributed by atoms with E-state index in [-0.39, 0.29) is 18.9 Å². The third kappa shape index (κ3) is 5.41. The van der Waals surface area contributed by atoms with Crippen molar-refractivity contribution >= 4 is 29.4 Å². The number of hydrogen-bond acceptors (Lipinski definition) is 5. The maximum atomic E-state index is 12.2. The summed E-state index contributed by atoms with van der Waals surface area (Å²) < 4.78 is 5.06. The normalized spacial score (nSPS) is 15.8. The molecule has 1 aliphatic heterocycles. The quantitative estimate of drug-likeness (QED) is 0.685. The van der Waals surface area contributed by atoms with E-state index in [0.717, 1.165) is 5.56 Å². The summed E-state index contributed by atoms with van der Waals surface area (Å²) >= 11 is 0. The fourth-order valence-corrected chi connectivity index (χ4v) is 3.06. The van der Waals surface area contributed by atoms with E-state index in [4.69, 9.17) is 10.5 Å². The van der Waals surface area contributed by atoms with Crippen LogP contribution >= 0.6 is 0 Å². The lowest BCUT2D eigenvalue weighted by Crippen LogP contribution is -2.28. The SMILES string of the molecule is NC(=O)c1ccc(NC(=O)COC(=O)[C@@H]2CC(=O)N(Cc3ccccc3)C2)cc1. The first-order valence-corrected chi connectivity index (χ1v) is 9.10. The molecule has 2 aromatic carbocycles. The minimum atomic E-state index is -0.589. The molecule has 1 saturated heterocycles. The maximum absolute atomic E-state index is 12.2. The molecule has 8 nitrogen and oxygen atoms in total. The number of amides is 3. The second kappa shape index (κ2) is 9.01. The Balaban J connectivity index is 1.46. The lowest BCUT2D eigenvalue weighted by molar-refractivity contribution is -0.151. The Kier molecular flexibility index (Phi) is 6.23. The fourth-order valence-electron chi connectivity index (χ4n) is 3.06. The Labute approximate surface area is 167 Å². The molecule has 0 bridgehead atoms. The van der Waals surface area contributed by atoms with Gasteiger partial charge in [-0.05, 0) is 29.8 Å². The van der Waals surface area contributed by atoms with Crippen LogP contribution in [0.2, 0.25) is 0 Å². The Morgan fingerprint density at radius 3 is 2.41 bits per heavy atom. The van der Waals surface area contributed by atoms with Crippen LogP contribution < -0.4 is 11.1 Å². The van der Waals surface area contributed by atoms with Crippen molar-refractivity contribution in [3.05, 3.63) is 65.7 Å². The molecule has 3 N–H and O–H groups in total. The van der Waals surface area contributed by atoms with Crippen LogP contribution in [0.5, 0.6) is 0 Å². The monoisotopic (exact) mass is 395 g/mol. The number of nitrogens with one attached hydrogen (secondary N) is 1. The third-order valence-corrected chi connectivity index (χ3v) is 4.56. The van der Waals surface area contributed by atoms with Crippen LogP contribution in [0, 0.1) is 5.92 Å². The first-order chi connectivity index (χ1) is 13.9. The zero-order chi connectivity index (χ0) is 20.8. The van der Waals surface area contributed by atoms with Gasteiger partial charge in [0.05, 0.1) is 5.92 Å². The Morgan fingerprint density at radius 2 is 1.76 bits per heavy atom. The molecule has 0 radical (unpaired) electrons. The number of nitrogens with zero attached hydrogens (tertiary/aromatic N) is 1. The summed E-state index contributed by atoms with van der Waals surface area (Å²) in [6.07, 6.45) is 0.0713. The van der Waals surface area contributed by atoms with Gasteiger partial charge in [0.25, 0.3) is 5.91 Å². The van der Waals surface area contributed by atoms with E-state index < -0.39 is 30.3 Å². The number of ether oxygens (including phenoxy) is 1. The highest BCUT2D eigenvalue weighted by Crippen LogP contribution is 2.21. The molecule has 1 fully saturated rings. The van der Waals surface area contributed by atoms with Crippen molar-refractivity contribution in [1.29, 1.82) is 0 Å². The van der Waals surface area contributed by atoms with Crippen molar-refractivity contribution in [2.75, 3.05) is 18.5 Å². The molecule has 0 spiro atoms. The van der Waals surface area contributed by atoms with E-state index in [1.165, 1.54) is 24.3 Å². The summed E-state index contributed by atoms with van der Waals surface area (Å²) in [6.45, 7) is 0.244. The van der Waals surface area contributed by atoms with Gasteiger partial charge in [0.2, 0.25) is 11.8 Å². The topological polar surface area (TPSA) is 119 Å². The summed E-state index contributed by atoms with van der Waals surface area (Å²) in [5.41, 5.74) is 6.91. The largest absolute Gasteiger partial charge is 0.455 e. The molecule has 0 saturated carbocycles. The lowest BCUT2D eigenvalue weighted by atomic mass is 10.1. The minimum Gasteiger partial charge on any atom is -0.455 e. The van der Waals surface area contributed by atoms with E-state index in [9.17, 15) is 19.2 Å². The van der Waals surface area contributed by atoms with Gasteiger partial charge in [0.1, 0.15) is 0 Å². The number of likely N-dealkylation sites (tertiary alicyclic amines) is 1. The number of benzene rings is 2. The maximum Gasteiger partial charge on any atom is 0.311 e. The highest BCUT2D eigenvalue weighted by molar-refractivity contribution is 5.96. The fraction of sp³-hybridized carbons (Fsp3) is 0.238. The standard InChI is InChI=1S/C21H21N3O5/c22-20(27)15-6-8-17(9-7-15)23-18(25)13-29-21(28)16-10-19(26)24(12-16)11-14-4-2-1-3-5-14/h1-9,16H,10-13H2,(H2,22,27)(H,23,25)/t16-/m1/s1. The van der Waals surface area contributed by atoms with Gasteiger partial charge in [0, 0.05) is 30.8 Å². The van der Waals surface area contributed by atoms with Gasteiger partial charge in [-0.15, -0.1) is 0 Å². The zero-order valence-corrected chi connectivity index (χ0v) is 15.7. The predicted molar refractivity (Wildman–Crippen MR) is 105 cm³/mol. The smallest absolute Gasteiger partial charge is 0.311 e. The van der Waals surface area contributed by atoms with Gasteiger partial charge < -0.3 is 20.7 Å². The van der Waals surface area contributed by atoms with E-state index in [1.807, 2.05) is 30.3 Å². The van der Waals surface area contributed by atoms with Gasteiger partial charge in [-0.3, -0.25) is 19.2 Å². The van der Waals surface area contributed by atoms with Gasteiger partial charge in [-0.1, -0.05) is 30.3 Å². The van der Waals surface area contributed by atoms with Crippen molar-refractivity contribution in [2.45, 2.75) is 13.0 Å². The first kappa shape index (κ1) is 20.1. The van der Waals surface area contributed by atoms with Gasteiger partial charge in [-0.25, -0.2) is 0 Å². The average Bonchev–Trinajstić information content (AvgIpc) is 3.08. The van der Waals surface area contributed by atoms with Crippen molar-refractivity contribution < 1.29 is 23.9 Å². The number of nitrogens with two attached hydrogens (primary N) is 1. The van der Waals surface area contributed by atoms with Gasteiger partial charge >= 0.3 is 5.97 Å². The second-order valence-corrected chi connectivity index (χ2v) is 6.76. The second-order valence-electron chi connectivity index (χ2n) is 6.76. The minimum absolute atomic E-state index is 0.0713. The highest BCUT2D eigenvalue weighted by Gasteiger charge is 2.35. The van der Waals surface area contributed by atoms with Gasteiger partial charge in [0.15, 0.2) is 6.61 Å². The molecule has 0 aromatic heterocycles. The molecular formula is C21H21N3O5. The Hall–Kier alpha value is -3.68. The van der Waals surface area contributed by atoms with Crippen molar-refractivity contribution in [2.24, 2.45) is 11.7 Å². The van der Waals surface area contributed by atoms with Crippen LogP contribution in [-0.2, 0) is 25.7 Å².